The van der Waals surface area contributed by atoms with E-state index in [1.165, 1.54) is 4.90 Å². The average molecular weight is 316 g/mol. The van der Waals surface area contributed by atoms with Gasteiger partial charge in [-0.3, -0.25) is 9.69 Å². The van der Waals surface area contributed by atoms with Gasteiger partial charge >= 0.3 is 6.03 Å². The van der Waals surface area contributed by atoms with Crippen molar-refractivity contribution in [2.45, 2.75) is 11.4 Å². The van der Waals surface area contributed by atoms with Crippen LogP contribution >= 0.6 is 23.1 Å². The van der Waals surface area contributed by atoms with Gasteiger partial charge in [0.25, 0.3) is 5.91 Å². The summed E-state index contributed by atoms with van der Waals surface area (Å²) in [5.41, 5.74) is 1.75. The lowest BCUT2D eigenvalue weighted by Gasteiger charge is -2.22. The molecule has 0 aliphatic carbocycles. The van der Waals surface area contributed by atoms with Crippen LogP contribution in [0.3, 0.4) is 0 Å². The van der Waals surface area contributed by atoms with E-state index >= 15 is 0 Å². The number of anilines is 1. The summed E-state index contributed by atoms with van der Waals surface area (Å²) in [5.74, 6) is 0.547. The van der Waals surface area contributed by atoms with Crippen molar-refractivity contribution in [1.29, 1.82) is 0 Å². The van der Waals surface area contributed by atoms with E-state index in [-0.39, 0.29) is 23.4 Å². The molecule has 2 aliphatic heterocycles. The van der Waals surface area contributed by atoms with E-state index in [1.54, 1.807) is 40.1 Å². The van der Waals surface area contributed by atoms with E-state index in [2.05, 4.69) is 0 Å². The Morgan fingerprint density at radius 1 is 1.10 bits per heavy atom. The molecule has 2 aromatic rings. The lowest BCUT2D eigenvalue weighted by Crippen LogP contribution is -2.33. The zero-order valence-electron chi connectivity index (χ0n) is 11.0. The number of urea groups is 1. The molecule has 0 N–H and O–H groups in total. The van der Waals surface area contributed by atoms with Crippen LogP contribution < -0.4 is 4.90 Å². The highest BCUT2D eigenvalue weighted by molar-refractivity contribution is 7.99. The fourth-order valence-electron chi connectivity index (χ4n) is 2.78. The van der Waals surface area contributed by atoms with Gasteiger partial charge in [0.1, 0.15) is 11.4 Å². The van der Waals surface area contributed by atoms with Gasteiger partial charge in [0.15, 0.2) is 0 Å². The minimum atomic E-state index is -0.340. The fourth-order valence-corrected chi connectivity index (χ4v) is 4.95. The number of nitrogens with zero attached hydrogens (tertiary/aromatic N) is 2. The molecule has 2 saturated heterocycles. The standard InChI is InChI=1S/C15H12N2O2S2/c18-13-12-9-21-14(10-6-7-20-8-10)17(12)15(19)16(13)11-4-2-1-3-5-11/h1-8,12,14H,9H2/t12-,14-/m0/s1. The summed E-state index contributed by atoms with van der Waals surface area (Å²) in [6.07, 6.45) is 0. The SMILES string of the molecule is O=C1[C@@H]2CS[C@@H](c3ccsc3)N2C(=O)N1c1ccccc1. The van der Waals surface area contributed by atoms with Crippen LogP contribution in [0.25, 0.3) is 0 Å². The van der Waals surface area contributed by atoms with Crippen LogP contribution in [-0.4, -0.2) is 28.6 Å². The predicted octanol–water partition coefficient (Wildman–Crippen LogP) is 3.33. The van der Waals surface area contributed by atoms with E-state index in [0.717, 1.165) is 5.56 Å². The molecule has 0 spiro atoms. The molecule has 1 aromatic heterocycles. The molecule has 4 rings (SSSR count). The van der Waals surface area contributed by atoms with Crippen LogP contribution in [0.4, 0.5) is 10.5 Å². The third-order valence-electron chi connectivity index (χ3n) is 3.76. The zero-order valence-corrected chi connectivity index (χ0v) is 12.6. The number of imide groups is 1. The molecule has 4 nitrogen and oxygen atoms in total. The highest BCUT2D eigenvalue weighted by Gasteiger charge is 2.53. The van der Waals surface area contributed by atoms with Crippen molar-refractivity contribution in [2.75, 3.05) is 10.7 Å². The fraction of sp³-hybridized carbons (Fsp3) is 0.200. The van der Waals surface area contributed by atoms with Crippen molar-refractivity contribution in [1.82, 2.24) is 4.90 Å². The van der Waals surface area contributed by atoms with Crippen molar-refractivity contribution in [2.24, 2.45) is 0 Å². The Balaban J connectivity index is 1.71. The number of para-hydroxylation sites is 1. The lowest BCUT2D eigenvalue weighted by molar-refractivity contribution is -0.119. The molecular formula is C15H12N2O2S2. The van der Waals surface area contributed by atoms with Gasteiger partial charge in [-0.05, 0) is 34.5 Å². The Morgan fingerprint density at radius 3 is 2.62 bits per heavy atom. The Morgan fingerprint density at radius 2 is 1.90 bits per heavy atom. The molecule has 2 aliphatic rings. The van der Waals surface area contributed by atoms with Crippen LogP contribution in [0.5, 0.6) is 0 Å². The minimum Gasteiger partial charge on any atom is -0.295 e. The largest absolute Gasteiger partial charge is 0.333 e. The normalized spacial score (nSPS) is 24.8. The summed E-state index contributed by atoms with van der Waals surface area (Å²) in [4.78, 5) is 28.3. The minimum absolute atomic E-state index is 0.0496. The molecule has 21 heavy (non-hydrogen) atoms. The van der Waals surface area contributed by atoms with E-state index < -0.39 is 0 Å². The Labute approximate surface area is 130 Å². The number of rotatable bonds is 2. The Hall–Kier alpha value is -1.79. The summed E-state index contributed by atoms with van der Waals surface area (Å²) in [6, 6.07) is 10.6. The molecule has 0 unspecified atom stereocenters. The maximum Gasteiger partial charge on any atom is 0.333 e. The molecule has 0 saturated carbocycles. The van der Waals surface area contributed by atoms with Crippen LogP contribution in [0, 0.1) is 0 Å². The summed E-state index contributed by atoms with van der Waals surface area (Å²) < 4.78 is 0. The monoisotopic (exact) mass is 316 g/mol. The van der Waals surface area contributed by atoms with Gasteiger partial charge in [-0.1, -0.05) is 18.2 Å². The molecule has 2 atom stereocenters. The van der Waals surface area contributed by atoms with Gasteiger partial charge in [-0.25, -0.2) is 9.69 Å². The molecule has 106 valence electrons. The van der Waals surface area contributed by atoms with Crippen molar-refractivity contribution in [3.63, 3.8) is 0 Å². The number of amides is 3. The van der Waals surface area contributed by atoms with E-state index in [4.69, 9.17) is 0 Å². The molecule has 1 aromatic carbocycles. The first kappa shape index (κ1) is 12.9. The number of thiophene rings is 1. The van der Waals surface area contributed by atoms with Crippen LogP contribution in [0.1, 0.15) is 10.9 Å². The first-order valence-electron chi connectivity index (χ1n) is 6.62. The summed E-state index contributed by atoms with van der Waals surface area (Å²) in [6.45, 7) is 0. The second kappa shape index (κ2) is 4.89. The highest BCUT2D eigenvalue weighted by atomic mass is 32.2. The van der Waals surface area contributed by atoms with Gasteiger partial charge < -0.3 is 0 Å². The van der Waals surface area contributed by atoms with Crippen LogP contribution in [0.2, 0.25) is 0 Å². The van der Waals surface area contributed by atoms with Crippen molar-refractivity contribution < 1.29 is 9.59 Å². The van der Waals surface area contributed by atoms with E-state index in [9.17, 15) is 9.59 Å². The maximum atomic E-state index is 12.7. The van der Waals surface area contributed by atoms with E-state index in [1.807, 2.05) is 35.0 Å². The van der Waals surface area contributed by atoms with Crippen molar-refractivity contribution in [3.8, 4) is 0 Å². The third-order valence-corrected chi connectivity index (χ3v) is 5.79. The molecule has 2 fully saturated rings. The highest BCUT2D eigenvalue weighted by Crippen LogP contribution is 2.46. The second-order valence-corrected chi connectivity index (χ2v) is 6.85. The predicted molar refractivity (Wildman–Crippen MR) is 84.5 cm³/mol. The zero-order chi connectivity index (χ0) is 14.4. The molecule has 3 heterocycles. The third kappa shape index (κ3) is 1.90. The summed E-state index contributed by atoms with van der Waals surface area (Å²) in [5, 5.41) is 4.00. The number of fused-ring (bicyclic) bond motifs is 1. The number of carbonyl (C=O) groups excluding carboxylic acids is 2. The summed E-state index contributed by atoms with van der Waals surface area (Å²) in [7, 11) is 0. The maximum absolute atomic E-state index is 12.7. The van der Waals surface area contributed by atoms with Gasteiger partial charge in [0, 0.05) is 5.75 Å². The molecule has 6 heteroatoms. The number of benzene rings is 1. The number of hydrogen-bond donors (Lipinski definition) is 0. The lowest BCUT2D eigenvalue weighted by atomic mass is 10.2. The number of carbonyl (C=O) groups is 2. The molecular weight excluding hydrogens is 304 g/mol. The Kier molecular flexibility index (Phi) is 3.01. The molecule has 0 radical (unpaired) electrons. The number of hydrogen-bond acceptors (Lipinski definition) is 4. The number of thioether (sulfide) groups is 1. The average Bonchev–Trinajstić information content (AvgIpc) is 3.20. The van der Waals surface area contributed by atoms with Gasteiger partial charge in [-0.2, -0.15) is 11.3 Å². The quantitative estimate of drug-likeness (QED) is 0.798. The van der Waals surface area contributed by atoms with Crippen LogP contribution in [-0.2, 0) is 4.79 Å². The smallest absolute Gasteiger partial charge is 0.295 e. The van der Waals surface area contributed by atoms with Gasteiger partial charge in [0.05, 0.1) is 5.69 Å². The van der Waals surface area contributed by atoms with Crippen molar-refractivity contribution >= 4 is 40.7 Å². The molecule has 3 amide bonds. The first-order valence-corrected chi connectivity index (χ1v) is 8.61. The second-order valence-electron chi connectivity index (χ2n) is 4.96. The first-order chi connectivity index (χ1) is 10.3. The topological polar surface area (TPSA) is 40.6 Å². The van der Waals surface area contributed by atoms with Crippen LogP contribution in [0.15, 0.2) is 47.2 Å². The molecule has 0 bridgehead atoms. The van der Waals surface area contributed by atoms with Gasteiger partial charge in [0.2, 0.25) is 0 Å². The summed E-state index contributed by atoms with van der Waals surface area (Å²) >= 11 is 3.27. The van der Waals surface area contributed by atoms with E-state index in [0.29, 0.717) is 11.4 Å². The van der Waals surface area contributed by atoms with Gasteiger partial charge in [-0.15, -0.1) is 11.8 Å². The van der Waals surface area contributed by atoms with Crippen molar-refractivity contribution in [3.05, 3.63) is 52.7 Å². The Bertz CT molecular complexity index is 687.